The van der Waals surface area contributed by atoms with E-state index in [9.17, 15) is 14.7 Å². The molecule has 2 aromatic heterocycles. The summed E-state index contributed by atoms with van der Waals surface area (Å²) in [6.45, 7) is 2.00. The van der Waals surface area contributed by atoms with Gasteiger partial charge in [0.25, 0.3) is 5.56 Å². The van der Waals surface area contributed by atoms with E-state index >= 15 is 0 Å². The Morgan fingerprint density at radius 1 is 1.07 bits per heavy atom. The first-order valence-electron chi connectivity index (χ1n) is 8.84. The summed E-state index contributed by atoms with van der Waals surface area (Å²) in [5.41, 5.74) is 2.58. The third-order valence-corrected chi connectivity index (χ3v) is 6.11. The Kier molecular flexibility index (Phi) is 5.47. The van der Waals surface area contributed by atoms with Gasteiger partial charge in [-0.3, -0.25) is 4.79 Å². The van der Waals surface area contributed by atoms with Crippen LogP contribution in [0.15, 0.2) is 53.3 Å². The molecule has 0 saturated carbocycles. The molecule has 1 N–H and O–H groups in total. The quantitative estimate of drug-likeness (QED) is 0.414. The highest BCUT2D eigenvalue weighted by molar-refractivity contribution is 7.19. The number of hydrogen-bond acceptors (Lipinski definition) is 4. The summed E-state index contributed by atoms with van der Waals surface area (Å²) in [4.78, 5) is 29.6. The molecule has 150 valence electrons. The minimum absolute atomic E-state index is 0.00217. The predicted octanol–water partition coefficient (Wildman–Crippen LogP) is 5.91. The van der Waals surface area contributed by atoms with Crippen molar-refractivity contribution in [3.8, 4) is 11.3 Å². The normalized spacial score (nSPS) is 11.4. The number of carboxylic acids is 1. The first-order chi connectivity index (χ1) is 14.3. The summed E-state index contributed by atoms with van der Waals surface area (Å²) in [6.07, 6.45) is 3.45. The van der Waals surface area contributed by atoms with Crippen molar-refractivity contribution in [3.05, 3.63) is 90.6 Å². The number of fused-ring (bicyclic) bond motifs is 1. The lowest BCUT2D eigenvalue weighted by Crippen LogP contribution is -2.17. The van der Waals surface area contributed by atoms with Gasteiger partial charge in [-0.25, -0.2) is 14.2 Å². The zero-order chi connectivity index (χ0) is 21.4. The monoisotopic (exact) mass is 456 g/mol. The SMILES string of the molecule is Cc1ccc(C=Cc2nc3sc(C(=O)O)c(-c4ccc(Cl)cc4)n3c(=O)c2Cl)cc1. The van der Waals surface area contributed by atoms with Crippen LogP contribution in [-0.2, 0) is 0 Å². The second-order valence-corrected chi connectivity index (χ2v) is 8.36. The van der Waals surface area contributed by atoms with E-state index in [-0.39, 0.29) is 26.2 Å². The number of benzene rings is 2. The van der Waals surface area contributed by atoms with Crippen molar-refractivity contribution in [1.29, 1.82) is 0 Å². The lowest BCUT2D eigenvalue weighted by atomic mass is 10.1. The summed E-state index contributed by atoms with van der Waals surface area (Å²) < 4.78 is 1.24. The van der Waals surface area contributed by atoms with E-state index in [1.807, 2.05) is 31.2 Å². The van der Waals surface area contributed by atoms with Crippen LogP contribution in [0.4, 0.5) is 0 Å². The molecule has 0 spiro atoms. The number of aryl methyl sites for hydroxylation is 1. The average Bonchev–Trinajstić information content (AvgIpc) is 3.11. The molecule has 0 bridgehead atoms. The van der Waals surface area contributed by atoms with E-state index in [0.29, 0.717) is 10.6 Å². The van der Waals surface area contributed by atoms with Crippen LogP contribution in [0.5, 0.6) is 0 Å². The van der Waals surface area contributed by atoms with Gasteiger partial charge in [0.15, 0.2) is 4.96 Å². The first kappa shape index (κ1) is 20.3. The van der Waals surface area contributed by atoms with Crippen molar-refractivity contribution in [2.24, 2.45) is 0 Å². The van der Waals surface area contributed by atoms with Crippen molar-refractivity contribution >= 4 is 57.6 Å². The highest BCUT2D eigenvalue weighted by Crippen LogP contribution is 2.32. The van der Waals surface area contributed by atoms with Gasteiger partial charge in [-0.05, 0) is 30.7 Å². The third kappa shape index (κ3) is 3.77. The Morgan fingerprint density at radius 2 is 1.73 bits per heavy atom. The summed E-state index contributed by atoms with van der Waals surface area (Å²) in [5, 5.41) is 10.1. The second-order valence-electron chi connectivity index (χ2n) is 6.57. The van der Waals surface area contributed by atoms with Crippen LogP contribution in [0.2, 0.25) is 10.0 Å². The molecule has 0 fully saturated rings. The molecular formula is C22H14Cl2N2O3S. The molecule has 0 aliphatic heterocycles. The molecule has 0 saturated heterocycles. The Labute approximate surface area is 185 Å². The topological polar surface area (TPSA) is 71.7 Å². The predicted molar refractivity (Wildman–Crippen MR) is 122 cm³/mol. The van der Waals surface area contributed by atoms with Gasteiger partial charge in [0.2, 0.25) is 0 Å². The minimum Gasteiger partial charge on any atom is -0.477 e. The molecule has 0 radical (unpaired) electrons. The van der Waals surface area contributed by atoms with Gasteiger partial charge in [-0.2, -0.15) is 0 Å². The van der Waals surface area contributed by atoms with Crippen LogP contribution in [0.25, 0.3) is 28.4 Å². The number of nitrogens with zero attached hydrogens (tertiary/aromatic N) is 2. The van der Waals surface area contributed by atoms with E-state index in [4.69, 9.17) is 23.2 Å². The number of hydrogen-bond donors (Lipinski definition) is 1. The van der Waals surface area contributed by atoms with Crippen LogP contribution in [0.1, 0.15) is 26.5 Å². The number of rotatable bonds is 4. The largest absolute Gasteiger partial charge is 0.477 e. The zero-order valence-corrected chi connectivity index (χ0v) is 17.9. The van der Waals surface area contributed by atoms with Gasteiger partial charge in [0.1, 0.15) is 9.90 Å². The van der Waals surface area contributed by atoms with E-state index in [2.05, 4.69) is 4.98 Å². The molecule has 4 aromatic rings. The maximum absolute atomic E-state index is 13.0. The van der Waals surface area contributed by atoms with Crippen molar-refractivity contribution in [2.45, 2.75) is 6.92 Å². The van der Waals surface area contributed by atoms with Crippen LogP contribution < -0.4 is 5.56 Å². The number of carbonyl (C=O) groups is 1. The van der Waals surface area contributed by atoms with Gasteiger partial charge in [-0.1, -0.05) is 82.6 Å². The lowest BCUT2D eigenvalue weighted by molar-refractivity contribution is 0.0702. The average molecular weight is 457 g/mol. The molecule has 0 amide bonds. The summed E-state index contributed by atoms with van der Waals surface area (Å²) in [5.74, 6) is -1.15. The molecule has 0 aliphatic rings. The molecule has 0 unspecified atom stereocenters. The van der Waals surface area contributed by atoms with E-state index in [1.54, 1.807) is 36.4 Å². The van der Waals surface area contributed by atoms with E-state index in [1.165, 1.54) is 4.40 Å². The fraction of sp³-hybridized carbons (Fsp3) is 0.0455. The highest BCUT2D eigenvalue weighted by atomic mass is 35.5. The Hall–Kier alpha value is -2.93. The third-order valence-electron chi connectivity index (χ3n) is 4.48. The molecule has 0 atom stereocenters. The summed E-state index contributed by atoms with van der Waals surface area (Å²) in [6, 6.07) is 14.4. The molecular weight excluding hydrogens is 443 g/mol. The van der Waals surface area contributed by atoms with Crippen molar-refractivity contribution < 1.29 is 9.90 Å². The molecule has 5 nitrogen and oxygen atoms in total. The number of aromatic carboxylic acids is 1. The number of aromatic nitrogens is 2. The van der Waals surface area contributed by atoms with Gasteiger partial charge in [0.05, 0.1) is 11.4 Å². The van der Waals surface area contributed by atoms with Crippen molar-refractivity contribution in [1.82, 2.24) is 9.38 Å². The van der Waals surface area contributed by atoms with Crippen LogP contribution >= 0.6 is 34.5 Å². The standard InChI is InChI=1S/C22H14Cl2N2O3S/c1-12-2-4-13(5-3-12)6-11-16-17(24)20(27)26-18(14-7-9-15(23)10-8-14)19(21(28)29)30-22(26)25-16/h2-11H,1H3,(H,28,29). The maximum atomic E-state index is 13.0. The lowest BCUT2D eigenvalue weighted by Gasteiger charge is -2.05. The van der Waals surface area contributed by atoms with Gasteiger partial charge >= 0.3 is 5.97 Å². The van der Waals surface area contributed by atoms with E-state index in [0.717, 1.165) is 22.5 Å². The number of carboxylic acid groups (broad SMARTS) is 1. The first-order valence-corrected chi connectivity index (χ1v) is 10.4. The smallest absolute Gasteiger partial charge is 0.348 e. The van der Waals surface area contributed by atoms with Crippen LogP contribution in [-0.4, -0.2) is 20.5 Å². The highest BCUT2D eigenvalue weighted by Gasteiger charge is 2.23. The fourth-order valence-electron chi connectivity index (χ4n) is 2.98. The Bertz CT molecular complexity index is 1350. The van der Waals surface area contributed by atoms with Crippen molar-refractivity contribution in [2.75, 3.05) is 0 Å². The molecule has 0 aliphatic carbocycles. The summed E-state index contributed by atoms with van der Waals surface area (Å²) in [7, 11) is 0. The number of halogens is 2. The molecule has 2 heterocycles. The number of thiazole rings is 1. The van der Waals surface area contributed by atoms with Gasteiger partial charge < -0.3 is 5.11 Å². The minimum atomic E-state index is -1.15. The molecule has 8 heteroatoms. The van der Waals surface area contributed by atoms with E-state index < -0.39 is 11.5 Å². The molecule has 2 aromatic carbocycles. The Morgan fingerprint density at radius 3 is 2.37 bits per heavy atom. The van der Waals surface area contributed by atoms with Crippen molar-refractivity contribution in [3.63, 3.8) is 0 Å². The Balaban J connectivity index is 1.90. The molecule has 4 rings (SSSR count). The van der Waals surface area contributed by atoms with Gasteiger partial charge in [0, 0.05) is 10.6 Å². The second kappa shape index (κ2) is 8.07. The zero-order valence-electron chi connectivity index (χ0n) is 15.6. The summed E-state index contributed by atoms with van der Waals surface area (Å²) >= 11 is 13.2. The van der Waals surface area contributed by atoms with Gasteiger partial charge in [-0.15, -0.1) is 0 Å². The maximum Gasteiger partial charge on any atom is 0.348 e. The molecule has 30 heavy (non-hydrogen) atoms. The van der Waals surface area contributed by atoms with Crippen LogP contribution in [0.3, 0.4) is 0 Å². The fourth-order valence-corrected chi connectivity index (χ4v) is 4.28. The van der Waals surface area contributed by atoms with Crippen LogP contribution in [0, 0.1) is 6.92 Å².